The van der Waals surface area contributed by atoms with Crippen LogP contribution in [0.5, 0.6) is 0 Å². The average Bonchev–Trinajstić information content (AvgIpc) is 2.76. The van der Waals surface area contributed by atoms with Gasteiger partial charge in [-0.25, -0.2) is 0 Å². The van der Waals surface area contributed by atoms with Crippen molar-refractivity contribution in [2.24, 2.45) is 0 Å². The molecular weight excluding hydrogens is 400 g/mol. The topological polar surface area (TPSA) is 20.2 Å². The molecule has 28 heavy (non-hydrogen) atoms. The largest absolute Gasteiger partial charge is 0.335 e. The first-order valence-corrected chi connectivity index (χ1v) is 12.7. The molecular formula is C24H20OS3. The first kappa shape index (κ1) is 19.1. The van der Waals surface area contributed by atoms with E-state index in [1.165, 1.54) is 4.90 Å². The zero-order chi connectivity index (χ0) is 19.5. The zero-order valence-corrected chi connectivity index (χ0v) is 17.6. The van der Waals surface area contributed by atoms with E-state index in [1.54, 1.807) is 11.8 Å². The van der Waals surface area contributed by atoms with Crippen LogP contribution < -0.4 is 0 Å². The van der Waals surface area contributed by atoms with E-state index in [4.69, 9.17) is 11.2 Å². The van der Waals surface area contributed by atoms with E-state index in [9.17, 15) is 4.55 Å². The molecule has 0 atom stereocenters. The summed E-state index contributed by atoms with van der Waals surface area (Å²) in [5.74, 6) is 0. The van der Waals surface area contributed by atoms with Crippen molar-refractivity contribution in [3.63, 3.8) is 0 Å². The maximum absolute atomic E-state index is 12.2. The van der Waals surface area contributed by atoms with Crippen LogP contribution in [0.4, 0.5) is 0 Å². The van der Waals surface area contributed by atoms with Gasteiger partial charge in [0.1, 0.15) is 0 Å². The Hall–Kier alpha value is -2.24. The minimum Gasteiger partial charge on any atom is -0.335 e. The van der Waals surface area contributed by atoms with Gasteiger partial charge < -0.3 is 4.55 Å². The maximum atomic E-state index is 12.2. The Morgan fingerprint density at radius 2 is 0.857 bits per heavy atom. The van der Waals surface area contributed by atoms with Gasteiger partial charge in [-0.1, -0.05) is 66.4 Å². The lowest BCUT2D eigenvalue weighted by atomic mass is 10.3. The highest BCUT2D eigenvalue weighted by molar-refractivity contribution is 8.49. The van der Waals surface area contributed by atoms with Crippen LogP contribution in [0, 0.1) is 0 Å². The second-order valence-corrected chi connectivity index (χ2v) is 12.7. The number of rotatable bonds is 5. The summed E-state index contributed by atoms with van der Waals surface area (Å²) in [4.78, 5) is 4.59. The van der Waals surface area contributed by atoms with Gasteiger partial charge in [-0.15, -0.1) is 0 Å². The van der Waals surface area contributed by atoms with Crippen LogP contribution in [0.1, 0.15) is 0 Å². The lowest BCUT2D eigenvalue weighted by Crippen LogP contribution is -2.31. The van der Waals surface area contributed by atoms with Crippen LogP contribution in [-0.2, 0) is 19.2 Å². The van der Waals surface area contributed by atoms with Crippen molar-refractivity contribution in [2.45, 2.75) is 24.5 Å². The maximum Gasteiger partial charge on any atom is 0.0244 e. The summed E-state index contributed by atoms with van der Waals surface area (Å²) >= 11 is 7.83. The van der Waals surface area contributed by atoms with Gasteiger partial charge >= 0.3 is 0 Å². The van der Waals surface area contributed by atoms with Crippen molar-refractivity contribution in [1.82, 2.24) is 0 Å². The van der Waals surface area contributed by atoms with Crippen LogP contribution in [0.3, 0.4) is 0 Å². The molecule has 0 saturated carbocycles. The van der Waals surface area contributed by atoms with Crippen LogP contribution >= 0.6 is 11.8 Å². The second-order valence-electron chi connectivity index (χ2n) is 6.42. The van der Waals surface area contributed by atoms with Gasteiger partial charge in [-0.05, 0) is 79.9 Å². The Balaban J connectivity index is 1.81. The lowest BCUT2D eigenvalue weighted by molar-refractivity contribution is 0.612. The Morgan fingerprint density at radius 3 is 1.32 bits per heavy atom. The zero-order valence-electron chi connectivity index (χ0n) is 15.1. The molecule has 0 aliphatic rings. The predicted molar refractivity (Wildman–Crippen MR) is 122 cm³/mol. The normalized spacial score (nSPS) is 12.8. The van der Waals surface area contributed by atoms with Gasteiger partial charge in [0.15, 0.2) is 0 Å². The van der Waals surface area contributed by atoms with E-state index >= 15 is 0 Å². The van der Waals surface area contributed by atoms with Gasteiger partial charge in [-0.2, -0.15) is 0 Å². The Kier molecular flexibility index (Phi) is 5.21. The Morgan fingerprint density at radius 1 is 0.500 bits per heavy atom. The summed E-state index contributed by atoms with van der Waals surface area (Å²) in [6, 6.07) is 37.6. The summed E-state index contributed by atoms with van der Waals surface area (Å²) in [6.45, 7) is 0. The summed E-state index contributed by atoms with van der Waals surface area (Å²) in [7, 11) is -3.61. The van der Waals surface area contributed by atoms with Crippen molar-refractivity contribution >= 4 is 31.0 Å². The monoisotopic (exact) mass is 420 g/mol. The standard InChI is InChI=1S/C24H20OS3/c25-28(26,22-12-6-2-7-13-22,23-14-8-3-9-15-23)24-18-16-21(17-19-24)27-20-10-4-1-5-11-20/h1-19H,(H,25,26). The number of hydrogen-bond acceptors (Lipinski definition) is 2. The summed E-state index contributed by atoms with van der Waals surface area (Å²) in [6.07, 6.45) is 0. The van der Waals surface area contributed by atoms with Crippen LogP contribution in [0.2, 0.25) is 0 Å². The molecule has 140 valence electrons. The van der Waals surface area contributed by atoms with Crippen molar-refractivity contribution in [2.75, 3.05) is 0 Å². The molecule has 0 saturated heterocycles. The van der Waals surface area contributed by atoms with Crippen molar-refractivity contribution < 1.29 is 4.55 Å². The molecule has 1 N–H and O–H groups in total. The van der Waals surface area contributed by atoms with E-state index in [1.807, 2.05) is 103 Å². The van der Waals surface area contributed by atoms with Gasteiger partial charge in [0, 0.05) is 24.5 Å². The third-order valence-corrected chi connectivity index (χ3v) is 10.8. The highest BCUT2D eigenvalue weighted by Crippen LogP contribution is 2.48. The highest BCUT2D eigenvalue weighted by atomic mass is 32.9. The molecule has 0 heterocycles. The van der Waals surface area contributed by atoms with E-state index in [2.05, 4.69) is 12.1 Å². The van der Waals surface area contributed by atoms with Gasteiger partial charge in [0.25, 0.3) is 0 Å². The molecule has 0 radical (unpaired) electrons. The molecule has 4 heteroatoms. The number of benzene rings is 4. The van der Waals surface area contributed by atoms with E-state index in [0.29, 0.717) is 0 Å². The summed E-state index contributed by atoms with van der Waals surface area (Å²) in [5.41, 5.74) is 0. The second kappa shape index (κ2) is 7.64. The molecule has 4 aromatic rings. The lowest BCUT2D eigenvalue weighted by Gasteiger charge is -2.42. The smallest absolute Gasteiger partial charge is 0.0244 e. The van der Waals surface area contributed by atoms with Crippen molar-refractivity contribution in [1.29, 1.82) is 0 Å². The van der Waals surface area contributed by atoms with Crippen LogP contribution in [0.25, 0.3) is 0 Å². The molecule has 4 aromatic carbocycles. The molecule has 0 bridgehead atoms. The SMILES string of the molecule is OS(=S)(c1ccccc1)(c1ccccc1)c1ccc(Sc2ccccc2)cc1. The highest BCUT2D eigenvalue weighted by Gasteiger charge is 2.36. The molecule has 0 aliphatic heterocycles. The third kappa shape index (κ3) is 3.45. The van der Waals surface area contributed by atoms with E-state index in [0.717, 1.165) is 19.6 Å². The molecule has 0 aliphatic carbocycles. The van der Waals surface area contributed by atoms with Gasteiger partial charge in [0.2, 0.25) is 0 Å². The van der Waals surface area contributed by atoms with Gasteiger partial charge in [0.05, 0.1) is 0 Å². The van der Waals surface area contributed by atoms with Crippen LogP contribution in [-0.4, -0.2) is 4.55 Å². The molecule has 0 aromatic heterocycles. The van der Waals surface area contributed by atoms with Crippen LogP contribution in [0.15, 0.2) is 140 Å². The molecule has 0 unspecified atom stereocenters. The average molecular weight is 421 g/mol. The minimum atomic E-state index is -3.61. The molecule has 0 amide bonds. The molecule has 0 fully saturated rings. The third-order valence-electron chi connectivity index (χ3n) is 4.60. The first-order chi connectivity index (χ1) is 13.6. The predicted octanol–water partition coefficient (Wildman–Crippen LogP) is 6.94. The molecule has 1 nitrogen and oxygen atoms in total. The quantitative estimate of drug-likeness (QED) is 0.378. The summed E-state index contributed by atoms with van der Waals surface area (Å²) in [5, 5.41) is 0. The first-order valence-electron chi connectivity index (χ1n) is 8.92. The fourth-order valence-electron chi connectivity index (χ4n) is 3.14. The van der Waals surface area contributed by atoms with Crippen molar-refractivity contribution in [3.05, 3.63) is 115 Å². The summed E-state index contributed by atoms with van der Waals surface area (Å²) < 4.78 is 12.2. The van der Waals surface area contributed by atoms with E-state index < -0.39 is 8.00 Å². The fourth-order valence-corrected chi connectivity index (χ4v) is 7.76. The van der Waals surface area contributed by atoms with Gasteiger partial charge in [-0.3, -0.25) is 0 Å². The minimum absolute atomic E-state index is 0.766. The molecule has 0 spiro atoms. The molecule has 4 rings (SSSR count). The van der Waals surface area contributed by atoms with E-state index in [-0.39, 0.29) is 0 Å². The Bertz CT molecular complexity index is 1080. The number of hydrogen-bond donors (Lipinski definition) is 1. The fraction of sp³-hybridized carbons (Fsp3) is 0. The Labute approximate surface area is 174 Å². The van der Waals surface area contributed by atoms with Crippen molar-refractivity contribution in [3.8, 4) is 0 Å².